The number of carbonyl (C=O) groups excluding carboxylic acids is 1. The van der Waals surface area contributed by atoms with Gasteiger partial charge in [-0.15, -0.1) is 0 Å². The highest BCUT2D eigenvalue weighted by Gasteiger charge is 2.16. The van der Waals surface area contributed by atoms with Gasteiger partial charge in [0.05, 0.1) is 4.90 Å². The topological polar surface area (TPSA) is 114 Å². The Bertz CT molecular complexity index is 955. The van der Waals surface area contributed by atoms with Gasteiger partial charge in [-0.05, 0) is 41.5 Å². The molecule has 0 spiro atoms. The minimum absolute atomic E-state index is 0.0600. The number of sulfonamides is 1. The fourth-order valence-electron chi connectivity index (χ4n) is 2.31. The molecule has 0 saturated heterocycles. The molecular weight excluding hydrogens is 360 g/mol. The molecule has 0 bridgehead atoms. The summed E-state index contributed by atoms with van der Waals surface area (Å²) in [7, 11) is -3.75. The van der Waals surface area contributed by atoms with Crippen LogP contribution in [0.15, 0.2) is 53.4 Å². The number of ether oxygens (including phenoxy) is 2. The lowest BCUT2D eigenvalue weighted by atomic mass is 10.2. The highest BCUT2D eigenvalue weighted by Crippen LogP contribution is 2.32. The van der Waals surface area contributed by atoms with Gasteiger partial charge >= 0.3 is 0 Å². The van der Waals surface area contributed by atoms with Crippen LogP contribution in [0, 0.1) is 0 Å². The van der Waals surface area contributed by atoms with Crippen molar-refractivity contribution in [2.75, 3.05) is 6.79 Å². The molecule has 9 heteroatoms. The summed E-state index contributed by atoms with van der Waals surface area (Å²) in [5.41, 5.74) is 2.69. The minimum Gasteiger partial charge on any atom is -0.454 e. The van der Waals surface area contributed by atoms with Crippen molar-refractivity contribution in [3.05, 3.63) is 59.7 Å². The van der Waals surface area contributed by atoms with Gasteiger partial charge in [-0.3, -0.25) is 10.0 Å². The van der Waals surface area contributed by atoms with Gasteiger partial charge in [0.1, 0.15) is 0 Å². The van der Waals surface area contributed by atoms with Crippen LogP contribution >= 0.6 is 0 Å². The second kappa shape index (κ2) is 7.56. The summed E-state index contributed by atoms with van der Waals surface area (Å²) >= 11 is 0. The monoisotopic (exact) mass is 376 g/mol. The third-order valence-corrected chi connectivity index (χ3v) is 5.01. The molecule has 0 aliphatic carbocycles. The van der Waals surface area contributed by atoms with Gasteiger partial charge in [0.2, 0.25) is 16.8 Å². The standard InChI is InChI=1S/C17H16N2O6S/c20-17(19-21)7-5-12-2-1-3-14(8-12)26(22,23)18-10-13-4-6-15-16(9-13)25-11-24-15/h1-9,18,21H,10-11H2,(H,19,20). The molecule has 2 aromatic carbocycles. The van der Waals surface area contributed by atoms with E-state index >= 15 is 0 Å². The molecule has 0 atom stereocenters. The second-order valence-electron chi connectivity index (χ2n) is 5.39. The van der Waals surface area contributed by atoms with Crippen molar-refractivity contribution in [1.82, 2.24) is 10.2 Å². The molecule has 3 rings (SSSR count). The maximum absolute atomic E-state index is 12.5. The average Bonchev–Trinajstić information content (AvgIpc) is 3.12. The molecule has 1 heterocycles. The van der Waals surface area contributed by atoms with E-state index in [2.05, 4.69) is 4.72 Å². The van der Waals surface area contributed by atoms with E-state index in [9.17, 15) is 13.2 Å². The van der Waals surface area contributed by atoms with Crippen LogP contribution in [0.2, 0.25) is 0 Å². The van der Waals surface area contributed by atoms with Crippen molar-refractivity contribution >= 4 is 22.0 Å². The number of hydrogen-bond acceptors (Lipinski definition) is 6. The Balaban J connectivity index is 1.72. The lowest BCUT2D eigenvalue weighted by molar-refractivity contribution is -0.124. The lowest BCUT2D eigenvalue weighted by Gasteiger charge is -2.08. The number of benzene rings is 2. The zero-order chi connectivity index (χ0) is 18.6. The van der Waals surface area contributed by atoms with E-state index in [4.69, 9.17) is 14.7 Å². The summed E-state index contributed by atoms with van der Waals surface area (Å²) in [6, 6.07) is 11.3. The smallest absolute Gasteiger partial charge is 0.267 e. The van der Waals surface area contributed by atoms with Crippen molar-refractivity contribution in [2.24, 2.45) is 0 Å². The van der Waals surface area contributed by atoms with Crippen molar-refractivity contribution in [2.45, 2.75) is 11.4 Å². The van der Waals surface area contributed by atoms with Gasteiger partial charge < -0.3 is 9.47 Å². The molecule has 1 amide bonds. The molecule has 1 aliphatic rings. The molecule has 2 aromatic rings. The second-order valence-corrected chi connectivity index (χ2v) is 7.16. The van der Waals surface area contributed by atoms with Gasteiger partial charge in [-0.2, -0.15) is 0 Å². The molecule has 1 aliphatic heterocycles. The molecule has 136 valence electrons. The molecule has 0 saturated carbocycles. The zero-order valence-electron chi connectivity index (χ0n) is 13.5. The van der Waals surface area contributed by atoms with Gasteiger partial charge in [-0.25, -0.2) is 18.6 Å². The first kappa shape index (κ1) is 17.9. The Morgan fingerprint density at radius 3 is 2.77 bits per heavy atom. The van der Waals surface area contributed by atoms with E-state index in [1.165, 1.54) is 23.7 Å². The van der Waals surface area contributed by atoms with Crippen LogP contribution in [0.25, 0.3) is 6.08 Å². The van der Waals surface area contributed by atoms with Crippen molar-refractivity contribution in [3.8, 4) is 11.5 Å². The number of rotatable bonds is 6. The van der Waals surface area contributed by atoms with E-state index < -0.39 is 15.9 Å². The van der Waals surface area contributed by atoms with Gasteiger partial charge in [-0.1, -0.05) is 18.2 Å². The Morgan fingerprint density at radius 2 is 1.96 bits per heavy atom. The van der Waals surface area contributed by atoms with E-state index in [1.807, 2.05) is 0 Å². The van der Waals surface area contributed by atoms with Crippen LogP contribution in [0.3, 0.4) is 0 Å². The van der Waals surface area contributed by atoms with Crippen molar-refractivity contribution in [1.29, 1.82) is 0 Å². The van der Waals surface area contributed by atoms with Crippen LogP contribution in [-0.2, 0) is 21.4 Å². The van der Waals surface area contributed by atoms with Crippen LogP contribution in [0.5, 0.6) is 11.5 Å². The summed E-state index contributed by atoms with van der Waals surface area (Å²) in [4.78, 5) is 11.1. The Labute approximate surface area is 150 Å². The largest absolute Gasteiger partial charge is 0.454 e. The summed E-state index contributed by atoms with van der Waals surface area (Å²) in [5.74, 6) is 0.498. The number of carbonyl (C=O) groups is 1. The van der Waals surface area contributed by atoms with Gasteiger partial charge in [0.15, 0.2) is 11.5 Å². The third-order valence-electron chi connectivity index (χ3n) is 3.61. The third kappa shape index (κ3) is 4.20. The number of fused-ring (bicyclic) bond motifs is 1. The molecule has 0 fully saturated rings. The number of amides is 1. The highest BCUT2D eigenvalue weighted by molar-refractivity contribution is 7.89. The molecule has 8 nitrogen and oxygen atoms in total. The van der Waals surface area contributed by atoms with Gasteiger partial charge in [0, 0.05) is 12.6 Å². The van der Waals surface area contributed by atoms with Gasteiger partial charge in [0.25, 0.3) is 5.91 Å². The number of hydrogen-bond donors (Lipinski definition) is 3. The zero-order valence-corrected chi connectivity index (χ0v) is 14.3. The predicted octanol–water partition coefficient (Wildman–Crippen LogP) is 1.41. The SMILES string of the molecule is O=C(C=Cc1cccc(S(=O)(=O)NCc2ccc3c(c2)OCO3)c1)NO. The quantitative estimate of drug-likeness (QED) is 0.399. The normalized spacial score (nSPS) is 13.1. The molecular formula is C17H16N2O6S. The lowest BCUT2D eigenvalue weighted by Crippen LogP contribution is -2.23. The van der Waals surface area contributed by atoms with Crippen LogP contribution in [0.4, 0.5) is 0 Å². The highest BCUT2D eigenvalue weighted by atomic mass is 32.2. The van der Waals surface area contributed by atoms with E-state index in [0.29, 0.717) is 17.1 Å². The molecule has 0 radical (unpaired) electrons. The maximum Gasteiger partial charge on any atom is 0.267 e. The number of hydroxylamine groups is 1. The molecule has 0 unspecified atom stereocenters. The van der Waals surface area contributed by atoms with Crippen LogP contribution in [-0.4, -0.2) is 26.3 Å². The summed E-state index contributed by atoms with van der Waals surface area (Å²) in [6.45, 7) is 0.241. The Morgan fingerprint density at radius 1 is 1.15 bits per heavy atom. The van der Waals surface area contributed by atoms with E-state index in [0.717, 1.165) is 11.6 Å². The summed E-state index contributed by atoms with van der Waals surface area (Å²) < 4.78 is 38.0. The first-order valence-corrected chi connectivity index (χ1v) is 9.07. The van der Waals surface area contributed by atoms with E-state index in [-0.39, 0.29) is 18.2 Å². The Kier molecular flexibility index (Phi) is 5.21. The summed E-state index contributed by atoms with van der Waals surface area (Å²) in [5, 5.41) is 8.46. The average molecular weight is 376 g/mol. The van der Waals surface area contributed by atoms with E-state index in [1.54, 1.807) is 30.3 Å². The van der Waals surface area contributed by atoms with Crippen molar-refractivity contribution < 1.29 is 27.9 Å². The van der Waals surface area contributed by atoms with Crippen LogP contribution < -0.4 is 19.7 Å². The van der Waals surface area contributed by atoms with Crippen molar-refractivity contribution in [3.63, 3.8) is 0 Å². The molecule has 0 aromatic heterocycles. The number of nitrogens with one attached hydrogen (secondary N) is 2. The predicted molar refractivity (Wildman–Crippen MR) is 92.0 cm³/mol. The minimum atomic E-state index is -3.75. The summed E-state index contributed by atoms with van der Waals surface area (Å²) in [6.07, 6.45) is 2.48. The first-order chi connectivity index (χ1) is 12.5. The first-order valence-electron chi connectivity index (χ1n) is 7.58. The molecule has 26 heavy (non-hydrogen) atoms. The maximum atomic E-state index is 12.5. The fraction of sp³-hybridized carbons (Fsp3) is 0.118. The molecule has 3 N–H and O–H groups in total. The fourth-order valence-corrected chi connectivity index (χ4v) is 3.38. The Hall–Kier alpha value is -2.88. The van der Waals surface area contributed by atoms with Crippen LogP contribution in [0.1, 0.15) is 11.1 Å².